The third kappa shape index (κ3) is 5.66. The van der Waals surface area contributed by atoms with Crippen LogP contribution in [0.15, 0.2) is 65.6 Å². The molecule has 1 heterocycles. The summed E-state index contributed by atoms with van der Waals surface area (Å²) in [5.41, 5.74) is 1.17. The van der Waals surface area contributed by atoms with Crippen LogP contribution in [-0.4, -0.2) is 22.5 Å². The second kappa shape index (κ2) is 10.0. The monoisotopic (exact) mass is 420 g/mol. The number of H-pyrrole nitrogens is 1. The predicted molar refractivity (Wildman–Crippen MR) is 116 cm³/mol. The lowest BCUT2D eigenvalue weighted by Gasteiger charge is -2.09. The Bertz CT molecular complexity index is 1170. The lowest BCUT2D eigenvalue weighted by Crippen LogP contribution is -2.17. The van der Waals surface area contributed by atoms with Gasteiger partial charge in [0.2, 0.25) is 0 Å². The molecule has 0 saturated heterocycles. The van der Waals surface area contributed by atoms with E-state index in [0.29, 0.717) is 23.6 Å². The van der Waals surface area contributed by atoms with Crippen molar-refractivity contribution in [3.05, 3.63) is 104 Å². The Morgan fingerprint density at radius 1 is 1.13 bits per heavy atom. The maximum atomic E-state index is 12.2. The van der Waals surface area contributed by atoms with Gasteiger partial charge in [0.25, 0.3) is 5.69 Å². The molecule has 0 radical (unpaired) electrons. The Morgan fingerprint density at radius 3 is 2.58 bits per heavy atom. The molecule has 8 nitrogen and oxygen atoms in total. The smallest absolute Gasteiger partial charge is 0.343 e. The maximum absolute atomic E-state index is 12.2. The molecule has 3 aromatic rings. The molecule has 3 rings (SSSR count). The lowest BCUT2D eigenvalue weighted by molar-refractivity contribution is -0.384. The highest BCUT2D eigenvalue weighted by atomic mass is 16.6. The van der Waals surface area contributed by atoms with Crippen molar-refractivity contribution in [2.45, 2.75) is 13.5 Å². The van der Waals surface area contributed by atoms with Crippen LogP contribution in [0.4, 0.5) is 5.69 Å². The molecule has 0 aliphatic heterocycles. The molecule has 0 amide bonds. The molecule has 1 aromatic heterocycles. The van der Waals surface area contributed by atoms with E-state index in [9.17, 15) is 19.7 Å². The van der Waals surface area contributed by atoms with Crippen LogP contribution in [0.2, 0.25) is 0 Å². The number of aromatic amines is 1. The fourth-order valence-corrected chi connectivity index (χ4v) is 2.78. The number of carbonyl (C=O) groups excluding carboxylic acids is 1. The van der Waals surface area contributed by atoms with E-state index >= 15 is 0 Å². The number of pyridine rings is 1. The minimum absolute atomic E-state index is 0.0853. The topological polar surface area (TPSA) is 112 Å². The van der Waals surface area contributed by atoms with Crippen molar-refractivity contribution < 1.29 is 19.2 Å². The van der Waals surface area contributed by atoms with Crippen LogP contribution >= 0.6 is 0 Å². The first kappa shape index (κ1) is 21.5. The number of ether oxygens (including phenoxy) is 2. The lowest BCUT2D eigenvalue weighted by atomic mass is 10.1. The van der Waals surface area contributed by atoms with Gasteiger partial charge in [0.1, 0.15) is 17.9 Å². The number of carbonyl (C=O) groups is 1. The minimum Gasteiger partial charge on any atom is -0.488 e. The Labute approximate surface area is 177 Å². The van der Waals surface area contributed by atoms with Crippen LogP contribution in [0.3, 0.4) is 0 Å². The van der Waals surface area contributed by atoms with Crippen molar-refractivity contribution in [1.29, 1.82) is 0 Å². The third-order valence-corrected chi connectivity index (χ3v) is 4.31. The summed E-state index contributed by atoms with van der Waals surface area (Å²) in [6, 6.07) is 15.1. The highest BCUT2D eigenvalue weighted by Crippen LogP contribution is 2.27. The van der Waals surface area contributed by atoms with E-state index in [1.165, 1.54) is 30.5 Å². The van der Waals surface area contributed by atoms with Gasteiger partial charge in [-0.25, -0.2) is 4.79 Å². The maximum Gasteiger partial charge on any atom is 0.343 e. The summed E-state index contributed by atoms with van der Waals surface area (Å²) in [6.45, 7) is 2.11. The van der Waals surface area contributed by atoms with E-state index in [2.05, 4.69) is 4.98 Å². The van der Waals surface area contributed by atoms with Crippen LogP contribution < -0.4 is 10.2 Å². The van der Waals surface area contributed by atoms with Gasteiger partial charge < -0.3 is 14.5 Å². The number of esters is 1. The molecule has 31 heavy (non-hydrogen) atoms. The molecule has 0 unspecified atom stereocenters. The molecule has 1 N–H and O–H groups in total. The van der Waals surface area contributed by atoms with E-state index < -0.39 is 16.3 Å². The van der Waals surface area contributed by atoms with Gasteiger partial charge >= 0.3 is 5.97 Å². The van der Waals surface area contributed by atoms with Gasteiger partial charge in [-0.1, -0.05) is 30.3 Å². The van der Waals surface area contributed by atoms with Gasteiger partial charge in [-0.2, -0.15) is 0 Å². The molecule has 8 heteroatoms. The van der Waals surface area contributed by atoms with Crippen LogP contribution in [0.5, 0.6) is 5.75 Å². The molecule has 0 aliphatic carbocycles. The molecular weight excluding hydrogens is 400 g/mol. The number of non-ortho nitro benzene ring substituents is 1. The summed E-state index contributed by atoms with van der Waals surface area (Å²) < 4.78 is 10.7. The summed E-state index contributed by atoms with van der Waals surface area (Å²) >= 11 is 0. The highest BCUT2D eigenvalue weighted by molar-refractivity contribution is 5.89. The number of benzene rings is 2. The first-order valence-corrected chi connectivity index (χ1v) is 9.51. The Kier molecular flexibility index (Phi) is 6.95. The fraction of sp³-hybridized carbons (Fsp3) is 0.130. The van der Waals surface area contributed by atoms with E-state index in [-0.39, 0.29) is 17.9 Å². The number of rotatable bonds is 8. The zero-order chi connectivity index (χ0) is 22.2. The quantitative estimate of drug-likeness (QED) is 0.332. The average molecular weight is 420 g/mol. The summed E-state index contributed by atoms with van der Waals surface area (Å²) in [4.78, 5) is 37.4. The van der Waals surface area contributed by atoms with Gasteiger partial charge in [-0.05, 0) is 30.7 Å². The molecule has 0 saturated carbocycles. The highest BCUT2D eigenvalue weighted by Gasteiger charge is 2.12. The Hall–Kier alpha value is -4.20. The molecular formula is C23H20N2O6. The normalized spacial score (nSPS) is 10.7. The number of nitrogens with zero attached hydrogens (tertiary/aromatic N) is 1. The van der Waals surface area contributed by atoms with Crippen molar-refractivity contribution in [3.8, 4) is 5.75 Å². The molecule has 0 fully saturated rings. The van der Waals surface area contributed by atoms with E-state index in [0.717, 1.165) is 5.56 Å². The van der Waals surface area contributed by atoms with Crippen LogP contribution in [-0.2, 0) is 11.3 Å². The molecule has 158 valence electrons. The number of hydrogen-bond donors (Lipinski definition) is 1. The van der Waals surface area contributed by atoms with E-state index in [4.69, 9.17) is 9.47 Å². The number of hydrogen-bond acceptors (Lipinski definition) is 6. The van der Waals surface area contributed by atoms with Crippen molar-refractivity contribution in [2.24, 2.45) is 0 Å². The van der Waals surface area contributed by atoms with Crippen LogP contribution in [0.1, 0.15) is 34.1 Å². The van der Waals surface area contributed by atoms with Gasteiger partial charge in [0.05, 0.1) is 11.5 Å². The Morgan fingerprint density at radius 2 is 1.90 bits per heavy atom. The number of nitrogens with one attached hydrogen (secondary N) is 1. The van der Waals surface area contributed by atoms with Crippen molar-refractivity contribution in [1.82, 2.24) is 4.98 Å². The second-order valence-electron chi connectivity index (χ2n) is 6.47. The fourth-order valence-electron chi connectivity index (χ4n) is 2.78. The zero-order valence-electron chi connectivity index (χ0n) is 16.7. The SMILES string of the molecule is CCOC(=O)c1c[nH]c(C=Cc2cc([N+](=O)[O-])ccc2OCc2ccccc2)cc1=O. The predicted octanol–water partition coefficient (Wildman–Crippen LogP) is 4.21. The second-order valence-corrected chi connectivity index (χ2v) is 6.47. The van der Waals surface area contributed by atoms with Crippen molar-refractivity contribution in [2.75, 3.05) is 6.61 Å². The van der Waals surface area contributed by atoms with Crippen LogP contribution in [0, 0.1) is 10.1 Å². The van der Waals surface area contributed by atoms with Gasteiger partial charge in [0, 0.05) is 35.7 Å². The zero-order valence-corrected chi connectivity index (χ0v) is 16.7. The van der Waals surface area contributed by atoms with Gasteiger partial charge in [0.15, 0.2) is 5.43 Å². The number of aromatic nitrogens is 1. The third-order valence-electron chi connectivity index (χ3n) is 4.31. The summed E-state index contributed by atoms with van der Waals surface area (Å²) in [5.74, 6) is -0.245. The molecule has 0 spiro atoms. The first-order valence-electron chi connectivity index (χ1n) is 9.51. The van der Waals surface area contributed by atoms with Gasteiger partial charge in [-0.15, -0.1) is 0 Å². The van der Waals surface area contributed by atoms with E-state index in [1.807, 2.05) is 30.3 Å². The number of nitro benzene ring substituents is 1. The van der Waals surface area contributed by atoms with E-state index in [1.54, 1.807) is 19.1 Å². The van der Waals surface area contributed by atoms with Gasteiger partial charge in [-0.3, -0.25) is 14.9 Å². The largest absolute Gasteiger partial charge is 0.488 e. The molecule has 2 aromatic carbocycles. The molecule has 0 aliphatic rings. The molecule has 0 bridgehead atoms. The summed E-state index contributed by atoms with van der Waals surface area (Å²) in [6.07, 6.45) is 4.45. The number of nitro groups is 1. The van der Waals surface area contributed by atoms with Crippen molar-refractivity contribution in [3.63, 3.8) is 0 Å². The van der Waals surface area contributed by atoms with Crippen LogP contribution in [0.25, 0.3) is 12.2 Å². The standard InChI is InChI=1S/C23H20N2O6/c1-2-30-23(27)20-14-24-18(13-21(20)26)9-8-17-12-19(25(28)29)10-11-22(17)31-15-16-6-4-3-5-7-16/h3-14H,2,15H2,1H3,(H,24,26). The first-order chi connectivity index (χ1) is 15.0. The summed E-state index contributed by atoms with van der Waals surface area (Å²) in [7, 11) is 0. The summed E-state index contributed by atoms with van der Waals surface area (Å²) in [5, 5.41) is 11.2. The molecule has 0 atom stereocenters. The Balaban J connectivity index is 1.86. The minimum atomic E-state index is -0.699. The average Bonchev–Trinajstić information content (AvgIpc) is 2.77. The van der Waals surface area contributed by atoms with Crippen molar-refractivity contribution >= 4 is 23.8 Å².